The molecular formula is C27H39NS. The first-order valence-corrected chi connectivity index (χ1v) is 12.6. The molecule has 2 aromatic rings. The van der Waals surface area contributed by atoms with Crippen LogP contribution < -0.4 is 5.32 Å². The second-order valence-corrected chi connectivity index (χ2v) is 8.63. The van der Waals surface area contributed by atoms with Gasteiger partial charge in [-0.25, -0.2) is 0 Å². The van der Waals surface area contributed by atoms with E-state index in [1.165, 1.54) is 72.1 Å². The van der Waals surface area contributed by atoms with Crippen molar-refractivity contribution in [1.29, 1.82) is 0 Å². The molecule has 0 unspecified atom stereocenters. The van der Waals surface area contributed by atoms with E-state index >= 15 is 0 Å². The molecule has 29 heavy (non-hydrogen) atoms. The highest BCUT2D eigenvalue weighted by Crippen LogP contribution is 2.35. The van der Waals surface area contributed by atoms with Gasteiger partial charge in [0.2, 0.25) is 0 Å². The molecule has 1 N–H and O–H groups in total. The maximum absolute atomic E-state index is 3.22. The summed E-state index contributed by atoms with van der Waals surface area (Å²) < 4.78 is 0. The molecule has 0 aromatic heterocycles. The minimum absolute atomic E-state index is 0.915. The molecule has 158 valence electrons. The quantitative estimate of drug-likeness (QED) is 0.334. The molecule has 0 aliphatic rings. The number of hydrogen-bond donors (Lipinski definition) is 1. The summed E-state index contributed by atoms with van der Waals surface area (Å²) in [5, 5.41) is 3.22. The third kappa shape index (κ3) is 7.68. The number of benzene rings is 2. The minimum Gasteiger partial charge on any atom is -0.316 e. The van der Waals surface area contributed by atoms with Crippen molar-refractivity contribution >= 4 is 16.7 Å². The molecule has 2 rings (SSSR count). The van der Waals surface area contributed by atoms with E-state index in [1.54, 1.807) is 5.57 Å². The molecule has 0 saturated heterocycles. The van der Waals surface area contributed by atoms with Crippen LogP contribution in [-0.2, 0) is 6.54 Å². The third-order valence-corrected chi connectivity index (χ3v) is 6.51. The lowest BCUT2D eigenvalue weighted by atomic mass is 9.98. The molecule has 0 amide bonds. The highest BCUT2D eigenvalue weighted by atomic mass is 32.2. The summed E-state index contributed by atoms with van der Waals surface area (Å²) in [6, 6.07) is 18.0. The average Bonchev–Trinajstić information content (AvgIpc) is 2.76. The lowest BCUT2D eigenvalue weighted by Gasteiger charge is -2.14. The normalized spacial score (nSPS) is 12.1. The fourth-order valence-corrected chi connectivity index (χ4v) is 4.79. The van der Waals surface area contributed by atoms with Crippen LogP contribution in [0.5, 0.6) is 0 Å². The molecule has 0 aliphatic heterocycles. The van der Waals surface area contributed by atoms with E-state index in [-0.39, 0.29) is 0 Å². The molecule has 0 radical (unpaired) electrons. The summed E-state index contributed by atoms with van der Waals surface area (Å²) in [6.45, 7) is 5.51. The van der Waals surface area contributed by atoms with Crippen molar-refractivity contribution in [3.8, 4) is 11.1 Å². The number of nitrogens with one attached hydrogen (secondary N) is 1. The first kappa shape index (κ1) is 23.8. The predicted molar refractivity (Wildman–Crippen MR) is 133 cm³/mol. The van der Waals surface area contributed by atoms with Gasteiger partial charge in [-0.2, -0.15) is 0 Å². The van der Waals surface area contributed by atoms with Crippen LogP contribution in [0.4, 0.5) is 0 Å². The topological polar surface area (TPSA) is 12.0 Å². The molecule has 0 fully saturated rings. The van der Waals surface area contributed by atoms with Gasteiger partial charge in [0.05, 0.1) is 0 Å². The zero-order chi connectivity index (χ0) is 20.9. The van der Waals surface area contributed by atoms with Crippen LogP contribution in [0.1, 0.15) is 76.3 Å². The predicted octanol–water partition coefficient (Wildman–Crippen LogP) is 8.31. The Morgan fingerprint density at radius 3 is 2.24 bits per heavy atom. The molecule has 0 aliphatic carbocycles. The van der Waals surface area contributed by atoms with Gasteiger partial charge in [-0.1, -0.05) is 94.0 Å². The highest BCUT2D eigenvalue weighted by Gasteiger charge is 2.09. The summed E-state index contributed by atoms with van der Waals surface area (Å²) >= 11 is 1.91. The molecule has 0 heterocycles. The van der Waals surface area contributed by atoms with Gasteiger partial charge in [-0.3, -0.25) is 0 Å². The molecule has 0 saturated carbocycles. The molecule has 2 aromatic carbocycles. The number of unbranched alkanes of at least 4 members (excludes halogenated alkanes) is 5. The molecular weight excluding hydrogens is 370 g/mol. The Morgan fingerprint density at radius 2 is 1.59 bits per heavy atom. The van der Waals surface area contributed by atoms with Crippen molar-refractivity contribution in [3.63, 3.8) is 0 Å². The zero-order valence-corrected chi connectivity index (χ0v) is 19.7. The number of thioether (sulfide) groups is 1. The van der Waals surface area contributed by atoms with Gasteiger partial charge >= 0.3 is 0 Å². The van der Waals surface area contributed by atoms with Crippen LogP contribution in [0, 0.1) is 0 Å². The summed E-state index contributed by atoms with van der Waals surface area (Å²) in [7, 11) is 1.99. The Bertz CT molecular complexity index is 745. The summed E-state index contributed by atoms with van der Waals surface area (Å²) in [5.41, 5.74) is 6.91. The molecule has 0 spiro atoms. The first-order chi connectivity index (χ1) is 14.2. The fourth-order valence-electron chi connectivity index (χ4n) is 3.90. The van der Waals surface area contributed by atoms with Crippen molar-refractivity contribution in [2.45, 2.75) is 71.8 Å². The highest BCUT2D eigenvalue weighted by molar-refractivity contribution is 8.07. The van der Waals surface area contributed by atoms with E-state index in [9.17, 15) is 0 Å². The Morgan fingerprint density at radius 1 is 0.862 bits per heavy atom. The summed E-state index contributed by atoms with van der Waals surface area (Å²) in [6.07, 6.45) is 12.8. The molecule has 0 atom stereocenters. The van der Waals surface area contributed by atoms with E-state index in [0.717, 1.165) is 13.0 Å². The van der Waals surface area contributed by atoms with Gasteiger partial charge in [0.1, 0.15) is 0 Å². The van der Waals surface area contributed by atoms with E-state index in [4.69, 9.17) is 0 Å². The Hall–Kier alpha value is -1.51. The number of allylic oxidation sites excluding steroid dienone is 1. The average molecular weight is 410 g/mol. The lowest BCUT2D eigenvalue weighted by molar-refractivity contribution is 0.604. The second-order valence-electron chi connectivity index (χ2n) is 7.82. The monoisotopic (exact) mass is 409 g/mol. The summed E-state index contributed by atoms with van der Waals surface area (Å²) in [4.78, 5) is 1.48. The van der Waals surface area contributed by atoms with Gasteiger partial charge in [0.15, 0.2) is 0 Å². The molecule has 2 heteroatoms. The largest absolute Gasteiger partial charge is 0.316 e. The molecule has 1 nitrogen and oxygen atoms in total. The van der Waals surface area contributed by atoms with Crippen LogP contribution in [0.15, 0.2) is 54.1 Å². The van der Waals surface area contributed by atoms with Crippen molar-refractivity contribution < 1.29 is 0 Å². The Labute approximate surface area is 183 Å². The van der Waals surface area contributed by atoms with E-state index in [1.807, 2.05) is 18.8 Å². The Balaban J connectivity index is 2.14. The number of hydrogen-bond acceptors (Lipinski definition) is 2. The number of rotatable bonds is 13. The van der Waals surface area contributed by atoms with Crippen molar-refractivity contribution in [1.82, 2.24) is 5.32 Å². The van der Waals surface area contributed by atoms with Crippen molar-refractivity contribution in [3.05, 3.63) is 65.2 Å². The fraction of sp³-hybridized carbons (Fsp3) is 0.481. The van der Waals surface area contributed by atoms with E-state index in [0.29, 0.717) is 0 Å². The van der Waals surface area contributed by atoms with E-state index in [2.05, 4.69) is 74.0 Å². The second kappa shape index (κ2) is 13.7. The van der Waals surface area contributed by atoms with Gasteiger partial charge in [-0.05, 0) is 60.9 Å². The van der Waals surface area contributed by atoms with Crippen LogP contribution in [-0.4, -0.2) is 13.3 Å². The zero-order valence-electron chi connectivity index (χ0n) is 18.9. The van der Waals surface area contributed by atoms with Gasteiger partial charge < -0.3 is 5.32 Å². The van der Waals surface area contributed by atoms with Crippen LogP contribution >= 0.6 is 11.8 Å². The van der Waals surface area contributed by atoms with E-state index < -0.39 is 0 Å². The maximum Gasteiger partial charge on any atom is 0.0202 e. The smallest absolute Gasteiger partial charge is 0.0202 e. The van der Waals surface area contributed by atoms with Crippen LogP contribution in [0.25, 0.3) is 16.0 Å². The Kier molecular flexibility index (Phi) is 11.2. The van der Waals surface area contributed by atoms with Gasteiger partial charge in [-0.15, -0.1) is 11.8 Å². The standard InChI is InChI=1S/C27H39NS/c1-5-7-8-9-10-11-13-23(6-2)27(29-4)26-15-12-14-25(20-26)24-18-16-22(17-19-24)21-28-3/h12,14-20,28H,5-11,13,21H2,1-4H3/b27-23+. The van der Waals surface area contributed by atoms with Gasteiger partial charge in [0, 0.05) is 11.4 Å². The van der Waals surface area contributed by atoms with Crippen molar-refractivity contribution in [2.75, 3.05) is 13.3 Å². The van der Waals surface area contributed by atoms with Crippen molar-refractivity contribution in [2.24, 2.45) is 0 Å². The van der Waals surface area contributed by atoms with Gasteiger partial charge in [0.25, 0.3) is 0 Å². The summed E-state index contributed by atoms with van der Waals surface area (Å²) in [5.74, 6) is 0. The third-order valence-electron chi connectivity index (χ3n) is 5.58. The molecule has 0 bridgehead atoms. The first-order valence-electron chi connectivity index (χ1n) is 11.3. The minimum atomic E-state index is 0.915. The lowest BCUT2D eigenvalue weighted by Crippen LogP contribution is -2.04. The van der Waals surface area contributed by atoms with Crippen LogP contribution in [0.2, 0.25) is 0 Å². The maximum atomic E-state index is 3.22. The SMILES string of the molecule is CCCCCCCC/C(CC)=C(/SC)c1cccc(-c2ccc(CNC)cc2)c1. The van der Waals surface area contributed by atoms with Crippen LogP contribution in [0.3, 0.4) is 0 Å².